The molecule has 0 bridgehead atoms. The Kier molecular flexibility index (Phi) is 5.73. The number of aromatic nitrogens is 1. The third-order valence-corrected chi connectivity index (χ3v) is 7.01. The van der Waals surface area contributed by atoms with Gasteiger partial charge < -0.3 is 5.32 Å². The molecule has 1 aliphatic heterocycles. The fraction of sp³-hybridized carbons (Fsp3) is 0.278. The van der Waals surface area contributed by atoms with Crippen molar-refractivity contribution in [2.24, 2.45) is 0 Å². The second kappa shape index (κ2) is 7.90. The number of pyridine rings is 1. The van der Waals surface area contributed by atoms with Gasteiger partial charge in [0.2, 0.25) is 21.8 Å². The lowest BCUT2D eigenvalue weighted by Crippen LogP contribution is -2.45. The largest absolute Gasteiger partial charge is 0.323 e. The van der Waals surface area contributed by atoms with Gasteiger partial charge in [0.1, 0.15) is 11.4 Å². The molecule has 28 heavy (non-hydrogen) atoms. The van der Waals surface area contributed by atoms with Gasteiger partial charge in [-0.3, -0.25) is 14.5 Å². The number of nitrogens with one attached hydrogen (secondary N) is 1. The standard InChI is InChI=1S/C18H20N4O4S2/c1-12(27-17-9-8-13(10-19-17)28(25,26)21(2)3)18(24)22-11-16(23)20-14-6-4-5-7-15(14)22/h4-10,12H,11H2,1-3H3,(H,20,23)/t12-/m0/s1. The second-order valence-corrected chi connectivity index (χ2v) is 9.88. The highest BCUT2D eigenvalue weighted by molar-refractivity contribution is 8.00. The number of thioether (sulfide) groups is 1. The SMILES string of the molecule is C[C@H](Sc1ccc(S(=O)(=O)N(C)C)cn1)C(=O)N1CC(=O)Nc2ccccc21. The van der Waals surface area contributed by atoms with Gasteiger partial charge >= 0.3 is 0 Å². The van der Waals surface area contributed by atoms with Gasteiger partial charge in [-0.2, -0.15) is 0 Å². The van der Waals surface area contributed by atoms with Crippen LogP contribution in [0.2, 0.25) is 0 Å². The van der Waals surface area contributed by atoms with Crippen LogP contribution < -0.4 is 10.2 Å². The Morgan fingerprint density at radius 1 is 1.25 bits per heavy atom. The molecule has 0 saturated heterocycles. The van der Waals surface area contributed by atoms with E-state index < -0.39 is 15.3 Å². The highest BCUT2D eigenvalue weighted by Crippen LogP contribution is 2.32. The molecule has 0 radical (unpaired) electrons. The first-order valence-corrected chi connectivity index (χ1v) is 10.8. The Morgan fingerprint density at radius 2 is 1.96 bits per heavy atom. The number of amides is 2. The number of hydrogen-bond acceptors (Lipinski definition) is 6. The smallest absolute Gasteiger partial charge is 0.244 e. The number of carbonyl (C=O) groups is 2. The number of para-hydroxylation sites is 2. The minimum absolute atomic E-state index is 0.0474. The van der Waals surface area contributed by atoms with Gasteiger partial charge in [-0.05, 0) is 31.2 Å². The van der Waals surface area contributed by atoms with Crippen molar-refractivity contribution >= 4 is 45.0 Å². The van der Waals surface area contributed by atoms with E-state index in [9.17, 15) is 18.0 Å². The van der Waals surface area contributed by atoms with Crippen LogP contribution in [0, 0.1) is 0 Å². The molecule has 1 aromatic heterocycles. The van der Waals surface area contributed by atoms with Crippen LogP contribution in [0.3, 0.4) is 0 Å². The first-order chi connectivity index (χ1) is 13.2. The third kappa shape index (κ3) is 4.03. The lowest BCUT2D eigenvalue weighted by atomic mass is 10.2. The summed E-state index contributed by atoms with van der Waals surface area (Å²) in [6, 6.07) is 10.2. The van der Waals surface area contributed by atoms with Crippen molar-refractivity contribution in [3.8, 4) is 0 Å². The number of anilines is 2. The van der Waals surface area contributed by atoms with Gasteiger partial charge in [0.05, 0.1) is 21.7 Å². The molecule has 1 N–H and O–H groups in total. The molecule has 1 aliphatic rings. The Hall–Kier alpha value is -2.43. The van der Waals surface area contributed by atoms with Crippen molar-refractivity contribution in [3.05, 3.63) is 42.6 Å². The number of nitrogens with zero attached hydrogens (tertiary/aromatic N) is 3. The van der Waals surface area contributed by atoms with Gasteiger partial charge in [0.25, 0.3) is 0 Å². The summed E-state index contributed by atoms with van der Waals surface area (Å²) >= 11 is 1.21. The monoisotopic (exact) mass is 420 g/mol. The van der Waals surface area contributed by atoms with E-state index in [0.29, 0.717) is 16.4 Å². The minimum Gasteiger partial charge on any atom is -0.323 e. The topological polar surface area (TPSA) is 99.7 Å². The normalized spacial score (nSPS) is 15.1. The van der Waals surface area contributed by atoms with E-state index in [0.717, 1.165) is 4.31 Å². The maximum Gasteiger partial charge on any atom is 0.244 e. The number of fused-ring (bicyclic) bond motifs is 1. The predicted octanol–water partition coefficient (Wildman–Crippen LogP) is 1.80. The summed E-state index contributed by atoms with van der Waals surface area (Å²) in [7, 11) is -0.654. The average Bonchev–Trinajstić information content (AvgIpc) is 2.67. The average molecular weight is 421 g/mol. The highest BCUT2D eigenvalue weighted by atomic mass is 32.2. The molecule has 3 rings (SSSR count). The van der Waals surface area contributed by atoms with E-state index in [1.807, 2.05) is 0 Å². The molecule has 0 spiro atoms. The fourth-order valence-electron chi connectivity index (χ4n) is 2.68. The zero-order chi connectivity index (χ0) is 20.5. The number of hydrogen-bond donors (Lipinski definition) is 1. The van der Waals surface area contributed by atoms with Crippen LogP contribution in [0.1, 0.15) is 6.92 Å². The molecule has 148 valence electrons. The molecule has 0 aliphatic carbocycles. The summed E-state index contributed by atoms with van der Waals surface area (Å²) < 4.78 is 25.3. The van der Waals surface area contributed by atoms with Crippen LogP contribution in [0.4, 0.5) is 11.4 Å². The number of carbonyl (C=O) groups excluding carboxylic acids is 2. The number of sulfonamides is 1. The first-order valence-electron chi connectivity index (χ1n) is 8.45. The summed E-state index contributed by atoms with van der Waals surface area (Å²) in [5.74, 6) is -0.472. The maximum atomic E-state index is 12.9. The Labute approximate surface area is 168 Å². The van der Waals surface area contributed by atoms with Crippen LogP contribution in [0.25, 0.3) is 0 Å². The lowest BCUT2D eigenvalue weighted by Gasteiger charge is -2.30. The van der Waals surface area contributed by atoms with Crippen LogP contribution in [-0.2, 0) is 19.6 Å². The molecule has 1 aromatic carbocycles. The summed E-state index contributed by atoms with van der Waals surface area (Å²) in [6.45, 7) is 1.68. The van der Waals surface area contributed by atoms with Crippen LogP contribution >= 0.6 is 11.8 Å². The molecule has 2 aromatic rings. The van der Waals surface area contributed by atoms with Crippen LogP contribution in [-0.4, -0.2) is 55.4 Å². The van der Waals surface area contributed by atoms with E-state index in [-0.39, 0.29) is 23.3 Å². The summed E-state index contributed by atoms with van der Waals surface area (Å²) in [5, 5.41) is 2.76. The number of benzene rings is 1. The van der Waals surface area contributed by atoms with Gasteiger partial charge in [-0.1, -0.05) is 23.9 Å². The Bertz CT molecular complexity index is 1010. The molecular formula is C18H20N4O4S2. The summed E-state index contributed by atoms with van der Waals surface area (Å²) in [4.78, 5) is 30.5. The molecule has 10 heteroatoms. The van der Waals surface area contributed by atoms with Crippen molar-refractivity contribution < 1.29 is 18.0 Å². The van der Waals surface area contributed by atoms with E-state index in [2.05, 4.69) is 10.3 Å². The van der Waals surface area contributed by atoms with E-state index >= 15 is 0 Å². The molecule has 1 atom stereocenters. The van der Waals surface area contributed by atoms with Crippen molar-refractivity contribution in [3.63, 3.8) is 0 Å². The lowest BCUT2D eigenvalue weighted by molar-refractivity contribution is -0.121. The van der Waals surface area contributed by atoms with Gasteiger partial charge in [-0.15, -0.1) is 0 Å². The molecule has 8 nitrogen and oxygen atoms in total. The van der Waals surface area contributed by atoms with Crippen LogP contribution in [0.15, 0.2) is 52.5 Å². The summed E-state index contributed by atoms with van der Waals surface area (Å²) in [6.07, 6.45) is 1.28. The zero-order valence-corrected chi connectivity index (χ0v) is 17.3. The van der Waals surface area contributed by atoms with E-state index in [1.165, 1.54) is 43.0 Å². The van der Waals surface area contributed by atoms with E-state index in [1.54, 1.807) is 37.3 Å². The van der Waals surface area contributed by atoms with Gasteiger partial charge in [-0.25, -0.2) is 17.7 Å². The third-order valence-electron chi connectivity index (χ3n) is 4.17. The Morgan fingerprint density at radius 3 is 2.61 bits per heavy atom. The number of rotatable bonds is 5. The first kappa shape index (κ1) is 20.3. The Balaban J connectivity index is 1.76. The molecular weight excluding hydrogens is 400 g/mol. The molecule has 0 saturated carbocycles. The molecule has 0 fully saturated rings. The zero-order valence-electron chi connectivity index (χ0n) is 15.6. The molecule has 2 amide bonds. The van der Waals surface area contributed by atoms with Gasteiger partial charge in [0.15, 0.2) is 0 Å². The van der Waals surface area contributed by atoms with Crippen molar-refractivity contribution in [1.82, 2.24) is 9.29 Å². The molecule has 2 heterocycles. The van der Waals surface area contributed by atoms with Crippen LogP contribution in [0.5, 0.6) is 0 Å². The summed E-state index contributed by atoms with van der Waals surface area (Å²) in [5.41, 5.74) is 1.25. The molecule has 0 unspecified atom stereocenters. The predicted molar refractivity (Wildman–Crippen MR) is 108 cm³/mol. The highest BCUT2D eigenvalue weighted by Gasteiger charge is 2.30. The fourth-order valence-corrected chi connectivity index (χ4v) is 4.38. The van der Waals surface area contributed by atoms with E-state index in [4.69, 9.17) is 0 Å². The minimum atomic E-state index is -3.55. The van der Waals surface area contributed by atoms with Crippen molar-refractivity contribution in [2.45, 2.75) is 22.1 Å². The van der Waals surface area contributed by atoms with Crippen molar-refractivity contribution in [2.75, 3.05) is 30.9 Å². The quantitative estimate of drug-likeness (QED) is 0.741. The van der Waals surface area contributed by atoms with Gasteiger partial charge in [0, 0.05) is 20.3 Å². The van der Waals surface area contributed by atoms with Crippen molar-refractivity contribution in [1.29, 1.82) is 0 Å². The second-order valence-electron chi connectivity index (χ2n) is 6.37. The maximum absolute atomic E-state index is 12.9.